The molecule has 164 valence electrons. The first kappa shape index (κ1) is 24.3. The number of aromatic amines is 1. The summed E-state index contributed by atoms with van der Waals surface area (Å²) in [6, 6.07) is 5.87. The zero-order valence-corrected chi connectivity index (χ0v) is 20.4. The maximum Gasteiger partial charge on any atom is 0.330 e. The Morgan fingerprint density at radius 2 is 1.90 bits per heavy atom. The van der Waals surface area contributed by atoms with Gasteiger partial charge in [0.05, 0.1) is 5.75 Å². The van der Waals surface area contributed by atoms with E-state index >= 15 is 0 Å². The quantitative estimate of drug-likeness (QED) is 0.543. The number of H-pyrrole nitrogens is 1. The fourth-order valence-electron chi connectivity index (χ4n) is 3.06. The van der Waals surface area contributed by atoms with Crippen molar-refractivity contribution in [3.8, 4) is 0 Å². The van der Waals surface area contributed by atoms with Crippen molar-refractivity contribution in [2.24, 2.45) is 11.8 Å². The Morgan fingerprint density at radius 3 is 2.47 bits per heavy atom. The summed E-state index contributed by atoms with van der Waals surface area (Å²) in [5.41, 5.74) is 6.13. The van der Waals surface area contributed by atoms with E-state index in [0.717, 1.165) is 14.9 Å². The molecular weight excluding hydrogens is 468 g/mol. The summed E-state index contributed by atoms with van der Waals surface area (Å²) in [7, 11) is 0. The SMILES string of the molecule is Cc1cc(Br)ccc1SCC(=O)N(CC(C)C)c1c(N)n(CC(C)C)c(=O)[nH]c1=O. The Morgan fingerprint density at radius 1 is 1.23 bits per heavy atom. The molecule has 3 N–H and O–H groups in total. The molecule has 0 aliphatic rings. The van der Waals surface area contributed by atoms with Gasteiger partial charge in [-0.15, -0.1) is 11.8 Å². The molecule has 0 unspecified atom stereocenters. The normalized spacial score (nSPS) is 11.3. The number of aryl methyl sites for hydroxylation is 1. The largest absolute Gasteiger partial charge is 0.383 e. The van der Waals surface area contributed by atoms with E-state index in [4.69, 9.17) is 5.73 Å². The number of hydrogen-bond acceptors (Lipinski definition) is 5. The Labute approximate surface area is 189 Å². The van der Waals surface area contributed by atoms with Crippen LogP contribution in [0.15, 0.2) is 37.2 Å². The van der Waals surface area contributed by atoms with Gasteiger partial charge in [-0.05, 0) is 42.5 Å². The first-order valence-corrected chi connectivity index (χ1v) is 11.6. The lowest BCUT2D eigenvalue weighted by atomic mass is 10.2. The second-order valence-electron chi connectivity index (χ2n) is 8.09. The second kappa shape index (κ2) is 10.3. The van der Waals surface area contributed by atoms with Crippen LogP contribution in [0, 0.1) is 18.8 Å². The first-order chi connectivity index (χ1) is 14.0. The van der Waals surface area contributed by atoms with E-state index in [1.165, 1.54) is 21.2 Å². The van der Waals surface area contributed by atoms with Gasteiger partial charge in [0.2, 0.25) is 5.91 Å². The zero-order chi connectivity index (χ0) is 22.6. The third-order valence-electron chi connectivity index (χ3n) is 4.37. The van der Waals surface area contributed by atoms with Gasteiger partial charge in [-0.2, -0.15) is 0 Å². The summed E-state index contributed by atoms with van der Waals surface area (Å²) in [5.74, 6) is 0.197. The van der Waals surface area contributed by atoms with Crippen LogP contribution in [0.2, 0.25) is 0 Å². The summed E-state index contributed by atoms with van der Waals surface area (Å²) >= 11 is 4.85. The Kier molecular flexibility index (Phi) is 8.37. The monoisotopic (exact) mass is 496 g/mol. The van der Waals surface area contributed by atoms with Crippen LogP contribution in [0.5, 0.6) is 0 Å². The van der Waals surface area contributed by atoms with Gasteiger partial charge in [0.25, 0.3) is 5.56 Å². The molecule has 0 aliphatic heterocycles. The lowest BCUT2D eigenvalue weighted by molar-refractivity contribution is -0.116. The number of benzene rings is 1. The molecule has 1 heterocycles. The predicted molar refractivity (Wildman–Crippen MR) is 127 cm³/mol. The fourth-order valence-corrected chi connectivity index (χ4v) is 4.42. The van der Waals surface area contributed by atoms with Crippen LogP contribution < -0.4 is 21.9 Å². The Bertz CT molecular complexity index is 1030. The second-order valence-corrected chi connectivity index (χ2v) is 10.0. The first-order valence-electron chi connectivity index (χ1n) is 9.83. The molecule has 0 bridgehead atoms. The number of nitrogen functional groups attached to an aromatic ring is 1. The Balaban J connectivity index is 2.40. The highest BCUT2D eigenvalue weighted by Gasteiger charge is 2.25. The molecule has 2 aromatic rings. The third-order valence-corrected chi connectivity index (χ3v) is 6.02. The van der Waals surface area contributed by atoms with Gasteiger partial charge < -0.3 is 10.6 Å². The van der Waals surface area contributed by atoms with E-state index in [1.54, 1.807) is 0 Å². The molecule has 9 heteroatoms. The van der Waals surface area contributed by atoms with Gasteiger partial charge in [0.15, 0.2) is 5.69 Å². The molecule has 0 aliphatic carbocycles. The maximum absolute atomic E-state index is 13.2. The average molecular weight is 497 g/mol. The van der Waals surface area contributed by atoms with Crippen molar-refractivity contribution in [1.82, 2.24) is 9.55 Å². The van der Waals surface area contributed by atoms with Crippen molar-refractivity contribution >= 4 is 45.1 Å². The number of thioether (sulfide) groups is 1. The van der Waals surface area contributed by atoms with Gasteiger partial charge in [-0.3, -0.25) is 19.1 Å². The number of aromatic nitrogens is 2. The van der Waals surface area contributed by atoms with Crippen LogP contribution >= 0.6 is 27.7 Å². The third kappa shape index (κ3) is 6.01. The summed E-state index contributed by atoms with van der Waals surface area (Å²) in [4.78, 5) is 42.8. The number of halogens is 1. The standard InChI is InChI=1S/C21H29BrN4O3S/c1-12(2)9-25(17(27)11-30-16-7-6-15(22)8-14(16)5)18-19(23)26(10-13(3)4)21(29)24-20(18)28/h6-8,12-13H,9-11,23H2,1-5H3,(H,24,28,29). The van der Waals surface area contributed by atoms with Crippen LogP contribution in [-0.4, -0.2) is 27.8 Å². The number of anilines is 2. The fraction of sp³-hybridized carbons (Fsp3) is 0.476. The highest BCUT2D eigenvalue weighted by atomic mass is 79.9. The van der Waals surface area contributed by atoms with Crippen LogP contribution in [0.25, 0.3) is 0 Å². The molecule has 1 aromatic heterocycles. The lowest BCUT2D eigenvalue weighted by Crippen LogP contribution is -2.43. The molecule has 0 saturated heterocycles. The molecule has 0 radical (unpaired) electrons. The molecule has 0 spiro atoms. The van der Waals surface area contributed by atoms with E-state index in [-0.39, 0.29) is 35.0 Å². The molecule has 7 nitrogen and oxygen atoms in total. The van der Waals surface area contributed by atoms with E-state index in [1.807, 2.05) is 52.8 Å². The van der Waals surface area contributed by atoms with Crippen molar-refractivity contribution in [1.29, 1.82) is 0 Å². The highest BCUT2D eigenvalue weighted by molar-refractivity contribution is 9.10. The van der Waals surface area contributed by atoms with Crippen LogP contribution in [0.4, 0.5) is 11.5 Å². The van der Waals surface area contributed by atoms with Gasteiger partial charge >= 0.3 is 5.69 Å². The van der Waals surface area contributed by atoms with Crippen LogP contribution in [0.3, 0.4) is 0 Å². The van der Waals surface area contributed by atoms with Crippen LogP contribution in [0.1, 0.15) is 33.3 Å². The Hall–Kier alpha value is -2.00. The molecule has 2 rings (SSSR count). The number of nitrogens with zero attached hydrogens (tertiary/aromatic N) is 2. The van der Waals surface area contributed by atoms with Crippen LogP contribution in [-0.2, 0) is 11.3 Å². The van der Waals surface area contributed by atoms with Crippen molar-refractivity contribution in [2.75, 3.05) is 22.9 Å². The highest BCUT2D eigenvalue weighted by Crippen LogP contribution is 2.27. The number of hydrogen-bond donors (Lipinski definition) is 2. The number of nitrogens with two attached hydrogens (primary N) is 1. The molecule has 1 aromatic carbocycles. The van der Waals surface area contributed by atoms with E-state index in [0.29, 0.717) is 13.1 Å². The van der Waals surface area contributed by atoms with E-state index in [2.05, 4.69) is 20.9 Å². The molecular formula is C21H29BrN4O3S. The summed E-state index contributed by atoms with van der Waals surface area (Å²) in [5, 5.41) is 0. The molecule has 0 fully saturated rings. The minimum atomic E-state index is -0.642. The van der Waals surface area contributed by atoms with Crippen molar-refractivity contribution < 1.29 is 4.79 Å². The maximum atomic E-state index is 13.2. The number of carbonyl (C=O) groups is 1. The molecule has 0 atom stereocenters. The van der Waals surface area contributed by atoms with E-state index in [9.17, 15) is 14.4 Å². The van der Waals surface area contributed by atoms with E-state index < -0.39 is 11.2 Å². The molecule has 30 heavy (non-hydrogen) atoms. The lowest BCUT2D eigenvalue weighted by Gasteiger charge is -2.26. The van der Waals surface area contributed by atoms with Crippen molar-refractivity contribution in [3.05, 3.63) is 49.1 Å². The number of rotatable bonds is 8. The summed E-state index contributed by atoms with van der Waals surface area (Å²) in [6.07, 6.45) is 0. The average Bonchev–Trinajstić information content (AvgIpc) is 2.62. The van der Waals surface area contributed by atoms with Crippen molar-refractivity contribution in [3.63, 3.8) is 0 Å². The summed E-state index contributed by atoms with van der Waals surface area (Å²) in [6.45, 7) is 10.5. The number of nitrogens with one attached hydrogen (secondary N) is 1. The topological polar surface area (TPSA) is 101 Å². The number of carbonyl (C=O) groups excluding carboxylic acids is 1. The minimum absolute atomic E-state index is 0.0243. The molecule has 1 amide bonds. The summed E-state index contributed by atoms with van der Waals surface area (Å²) < 4.78 is 2.30. The van der Waals surface area contributed by atoms with Gasteiger partial charge in [-0.25, -0.2) is 4.79 Å². The predicted octanol–water partition coefficient (Wildman–Crippen LogP) is 3.63. The van der Waals surface area contributed by atoms with Crippen molar-refractivity contribution in [2.45, 2.75) is 46.1 Å². The van der Waals surface area contributed by atoms with Gasteiger partial charge in [0, 0.05) is 22.5 Å². The van der Waals surface area contributed by atoms with Gasteiger partial charge in [-0.1, -0.05) is 43.6 Å². The zero-order valence-electron chi connectivity index (χ0n) is 18.0. The number of amides is 1. The molecule has 0 saturated carbocycles. The van der Waals surface area contributed by atoms with Gasteiger partial charge in [0.1, 0.15) is 5.82 Å². The minimum Gasteiger partial charge on any atom is -0.383 e. The smallest absolute Gasteiger partial charge is 0.330 e.